The number of amides is 1. The van der Waals surface area contributed by atoms with Crippen molar-refractivity contribution in [2.75, 3.05) is 18.6 Å². The third-order valence-electron chi connectivity index (χ3n) is 3.66. The second-order valence-electron chi connectivity index (χ2n) is 5.70. The number of hydrogen-bond acceptors (Lipinski definition) is 4. The van der Waals surface area contributed by atoms with Crippen LogP contribution in [0.1, 0.15) is 16.8 Å². The minimum absolute atomic E-state index is 0.126. The second kappa shape index (κ2) is 8.15. The number of fused-ring (bicyclic) bond motifs is 1. The average Bonchev–Trinajstić information content (AvgIpc) is 3.03. The molecule has 2 N–H and O–H groups in total. The fraction of sp³-hybridized carbons (Fsp3) is 0.222. The molecule has 1 heterocycles. The Kier molecular flexibility index (Phi) is 5.67. The van der Waals surface area contributed by atoms with E-state index in [-0.39, 0.29) is 24.4 Å². The number of rotatable bonds is 7. The highest BCUT2D eigenvalue weighted by atomic mass is 19.4. The summed E-state index contributed by atoms with van der Waals surface area (Å²) in [6, 6.07) is 9.53. The van der Waals surface area contributed by atoms with E-state index in [4.69, 9.17) is 4.74 Å². The van der Waals surface area contributed by atoms with Crippen LogP contribution in [0.5, 0.6) is 11.5 Å². The predicted octanol–water partition coefficient (Wildman–Crippen LogP) is 4.45. The van der Waals surface area contributed by atoms with Crippen LogP contribution in [0, 0.1) is 0 Å². The van der Waals surface area contributed by atoms with E-state index in [2.05, 4.69) is 20.3 Å². The molecule has 0 atom stereocenters. The highest BCUT2D eigenvalue weighted by Crippen LogP contribution is 2.26. The number of ether oxygens (including phenoxy) is 2. The van der Waals surface area contributed by atoms with Gasteiger partial charge in [0, 0.05) is 17.4 Å². The Hall–Kier alpha value is -3.30. The van der Waals surface area contributed by atoms with Crippen LogP contribution in [-0.2, 0) is 0 Å². The summed E-state index contributed by atoms with van der Waals surface area (Å²) in [5.74, 6) is -0.266. The molecule has 0 radical (unpaired) electrons. The molecule has 0 aliphatic rings. The minimum atomic E-state index is -4.80. The molecule has 148 valence electrons. The normalized spacial score (nSPS) is 11.4. The standard InChI is InChI=1S/C18H15F4N3O3/c19-8-1-9-27-13-6-7-15-14(10-13)16(25-24-15)23-17(26)11-2-4-12(5-3-11)28-18(20,21)22/h2-7,10H,1,8-9H2,(H2,23,24,25,26). The van der Waals surface area contributed by atoms with E-state index >= 15 is 0 Å². The smallest absolute Gasteiger partial charge is 0.493 e. The van der Waals surface area contributed by atoms with Crippen molar-refractivity contribution >= 4 is 22.6 Å². The minimum Gasteiger partial charge on any atom is -0.493 e. The number of nitrogens with zero attached hydrogens (tertiary/aromatic N) is 1. The third-order valence-corrected chi connectivity index (χ3v) is 3.66. The quantitative estimate of drug-likeness (QED) is 0.456. The third kappa shape index (κ3) is 4.90. The van der Waals surface area contributed by atoms with Crippen LogP contribution >= 0.6 is 0 Å². The molecular weight excluding hydrogens is 382 g/mol. The Morgan fingerprint density at radius 2 is 1.82 bits per heavy atom. The Morgan fingerprint density at radius 3 is 2.50 bits per heavy atom. The summed E-state index contributed by atoms with van der Waals surface area (Å²) in [5, 5.41) is 9.92. The molecule has 0 aliphatic carbocycles. The van der Waals surface area contributed by atoms with E-state index in [1.807, 2.05) is 0 Å². The van der Waals surface area contributed by atoms with E-state index in [1.54, 1.807) is 18.2 Å². The van der Waals surface area contributed by atoms with Crippen molar-refractivity contribution in [2.24, 2.45) is 0 Å². The van der Waals surface area contributed by atoms with E-state index in [0.717, 1.165) is 12.1 Å². The average molecular weight is 397 g/mol. The molecule has 1 amide bonds. The van der Waals surface area contributed by atoms with Crippen molar-refractivity contribution in [3.05, 3.63) is 48.0 Å². The van der Waals surface area contributed by atoms with Gasteiger partial charge in [-0.2, -0.15) is 5.10 Å². The van der Waals surface area contributed by atoms with Gasteiger partial charge in [0.05, 0.1) is 18.8 Å². The van der Waals surface area contributed by atoms with Crippen molar-refractivity contribution in [1.29, 1.82) is 0 Å². The lowest BCUT2D eigenvalue weighted by Gasteiger charge is -2.09. The second-order valence-corrected chi connectivity index (χ2v) is 5.70. The van der Waals surface area contributed by atoms with Crippen LogP contribution in [0.15, 0.2) is 42.5 Å². The SMILES string of the molecule is O=C(Nc1n[nH]c2ccc(OCCCF)cc12)c1ccc(OC(F)(F)F)cc1. The van der Waals surface area contributed by atoms with Crippen LogP contribution in [0.3, 0.4) is 0 Å². The maximum atomic E-state index is 12.3. The first-order valence-corrected chi connectivity index (χ1v) is 8.20. The molecular formula is C18H15F4N3O3. The zero-order valence-corrected chi connectivity index (χ0v) is 14.3. The molecule has 28 heavy (non-hydrogen) atoms. The number of hydrogen-bond donors (Lipinski definition) is 2. The van der Waals surface area contributed by atoms with Crippen molar-refractivity contribution in [3.8, 4) is 11.5 Å². The fourth-order valence-corrected chi connectivity index (χ4v) is 2.41. The molecule has 1 aromatic heterocycles. The monoisotopic (exact) mass is 397 g/mol. The first-order valence-electron chi connectivity index (χ1n) is 8.20. The van der Waals surface area contributed by atoms with Gasteiger partial charge in [0.1, 0.15) is 11.5 Å². The molecule has 2 aromatic carbocycles. The van der Waals surface area contributed by atoms with Crippen LogP contribution in [-0.4, -0.2) is 35.7 Å². The lowest BCUT2D eigenvalue weighted by atomic mass is 10.2. The molecule has 3 rings (SSSR count). The molecule has 0 saturated carbocycles. The first-order chi connectivity index (χ1) is 13.4. The number of aromatic amines is 1. The van der Waals surface area contributed by atoms with Gasteiger partial charge in [-0.3, -0.25) is 14.3 Å². The number of halogens is 4. The van der Waals surface area contributed by atoms with Crippen molar-refractivity contribution < 1.29 is 31.8 Å². The lowest BCUT2D eigenvalue weighted by Crippen LogP contribution is -2.17. The Balaban J connectivity index is 1.72. The number of anilines is 1. The maximum absolute atomic E-state index is 12.3. The van der Waals surface area contributed by atoms with Gasteiger partial charge in [-0.25, -0.2) is 0 Å². The summed E-state index contributed by atoms with van der Waals surface area (Å²) in [6.07, 6.45) is -4.54. The van der Waals surface area contributed by atoms with Crippen molar-refractivity contribution in [2.45, 2.75) is 12.8 Å². The van der Waals surface area contributed by atoms with Gasteiger partial charge in [0.25, 0.3) is 5.91 Å². The topological polar surface area (TPSA) is 76.2 Å². The Bertz CT molecular complexity index is 955. The molecule has 0 spiro atoms. The van der Waals surface area contributed by atoms with Gasteiger partial charge in [0.2, 0.25) is 0 Å². The van der Waals surface area contributed by atoms with Gasteiger partial charge in [0.15, 0.2) is 5.82 Å². The van der Waals surface area contributed by atoms with Gasteiger partial charge >= 0.3 is 6.36 Å². The first kappa shape index (κ1) is 19.5. The van der Waals surface area contributed by atoms with Gasteiger partial charge in [-0.15, -0.1) is 13.2 Å². The maximum Gasteiger partial charge on any atom is 0.573 e. The molecule has 0 saturated heterocycles. The Morgan fingerprint density at radius 1 is 1.11 bits per heavy atom. The van der Waals surface area contributed by atoms with Crippen LogP contribution in [0.2, 0.25) is 0 Å². The summed E-state index contributed by atoms with van der Waals surface area (Å²) in [7, 11) is 0. The van der Waals surface area contributed by atoms with E-state index < -0.39 is 24.7 Å². The highest BCUT2D eigenvalue weighted by molar-refractivity contribution is 6.08. The molecule has 0 bridgehead atoms. The van der Waals surface area contributed by atoms with Crippen molar-refractivity contribution in [3.63, 3.8) is 0 Å². The van der Waals surface area contributed by atoms with E-state index in [9.17, 15) is 22.4 Å². The summed E-state index contributed by atoms with van der Waals surface area (Å²) in [5.41, 5.74) is 0.767. The van der Waals surface area contributed by atoms with Crippen molar-refractivity contribution in [1.82, 2.24) is 10.2 Å². The van der Waals surface area contributed by atoms with E-state index in [0.29, 0.717) is 16.7 Å². The number of aromatic nitrogens is 2. The van der Waals surface area contributed by atoms with Crippen LogP contribution < -0.4 is 14.8 Å². The number of H-pyrrole nitrogens is 1. The molecule has 10 heteroatoms. The molecule has 0 unspecified atom stereocenters. The summed E-state index contributed by atoms with van der Waals surface area (Å²) in [4.78, 5) is 12.3. The van der Waals surface area contributed by atoms with Gasteiger partial charge in [-0.05, 0) is 42.5 Å². The van der Waals surface area contributed by atoms with E-state index in [1.165, 1.54) is 12.1 Å². The lowest BCUT2D eigenvalue weighted by molar-refractivity contribution is -0.274. The highest BCUT2D eigenvalue weighted by Gasteiger charge is 2.31. The molecule has 6 nitrogen and oxygen atoms in total. The summed E-state index contributed by atoms with van der Waals surface area (Å²) >= 11 is 0. The molecule has 0 aliphatic heterocycles. The van der Waals surface area contributed by atoms with Gasteiger partial charge in [-0.1, -0.05) is 0 Å². The number of alkyl halides is 4. The summed E-state index contributed by atoms with van der Waals surface area (Å²) in [6.45, 7) is -0.268. The largest absolute Gasteiger partial charge is 0.573 e. The molecule has 0 fully saturated rings. The van der Waals surface area contributed by atoms with Crippen LogP contribution in [0.4, 0.5) is 23.4 Å². The number of carbonyl (C=O) groups is 1. The fourth-order valence-electron chi connectivity index (χ4n) is 2.41. The number of carbonyl (C=O) groups excluding carboxylic acids is 1. The Labute approximate surface area is 156 Å². The number of nitrogens with one attached hydrogen (secondary N) is 2. The zero-order valence-electron chi connectivity index (χ0n) is 14.3. The zero-order chi connectivity index (χ0) is 20.1. The number of benzene rings is 2. The predicted molar refractivity (Wildman–Crippen MR) is 93.3 cm³/mol. The van der Waals surface area contributed by atoms with Gasteiger partial charge < -0.3 is 14.8 Å². The summed E-state index contributed by atoms with van der Waals surface area (Å²) < 4.78 is 57.9. The van der Waals surface area contributed by atoms with Crippen LogP contribution in [0.25, 0.3) is 10.9 Å². The molecule has 3 aromatic rings.